The average molecular weight is 368 g/mol. The second kappa shape index (κ2) is 7.58. The first-order valence-corrected chi connectivity index (χ1v) is 8.22. The summed E-state index contributed by atoms with van der Waals surface area (Å²) in [4.78, 5) is 22.3. The molecule has 2 saturated heterocycles. The van der Waals surface area contributed by atoms with E-state index < -0.39 is 36.7 Å². The van der Waals surface area contributed by atoms with Gasteiger partial charge in [-0.2, -0.15) is 0 Å². The Kier molecular flexibility index (Phi) is 5.42. The summed E-state index contributed by atoms with van der Waals surface area (Å²) in [7, 11) is 0. The number of esters is 1. The van der Waals surface area contributed by atoms with Crippen LogP contribution < -0.4 is 4.74 Å². The van der Waals surface area contributed by atoms with Gasteiger partial charge in [0.2, 0.25) is 6.29 Å². The number of cyclic esters (lactones) is 1. The first kappa shape index (κ1) is 18.6. The number of ether oxygens (including phenoxy) is 3. The summed E-state index contributed by atoms with van der Waals surface area (Å²) in [5, 5.41) is 38.5. The number of aliphatic carboxylic acids is 1. The Morgan fingerprint density at radius 1 is 1.19 bits per heavy atom. The van der Waals surface area contributed by atoms with Crippen molar-refractivity contribution in [2.75, 3.05) is 0 Å². The molecule has 2 aliphatic heterocycles. The van der Waals surface area contributed by atoms with Gasteiger partial charge in [-0.25, -0.2) is 4.79 Å². The van der Waals surface area contributed by atoms with Crippen molar-refractivity contribution in [1.29, 1.82) is 0 Å². The van der Waals surface area contributed by atoms with E-state index in [2.05, 4.69) is 0 Å². The summed E-state index contributed by atoms with van der Waals surface area (Å²) in [5.41, 5.74) is 0.822. The van der Waals surface area contributed by atoms with Crippen LogP contribution in [0.4, 0.5) is 0 Å². The van der Waals surface area contributed by atoms with Crippen molar-refractivity contribution in [1.82, 2.24) is 0 Å². The molecule has 0 aromatic heterocycles. The number of carboxylic acids is 1. The van der Waals surface area contributed by atoms with E-state index in [1.807, 2.05) is 6.07 Å². The Morgan fingerprint density at radius 3 is 2.62 bits per heavy atom. The molecule has 142 valence electrons. The van der Waals surface area contributed by atoms with Crippen LogP contribution in [0.1, 0.15) is 18.4 Å². The summed E-state index contributed by atoms with van der Waals surface area (Å²) in [6, 6.07) is 6.73. The van der Waals surface area contributed by atoms with Gasteiger partial charge in [0.25, 0.3) is 0 Å². The van der Waals surface area contributed by atoms with E-state index in [4.69, 9.17) is 19.3 Å². The van der Waals surface area contributed by atoms with Crippen molar-refractivity contribution >= 4 is 11.9 Å². The quantitative estimate of drug-likeness (QED) is 0.491. The highest BCUT2D eigenvalue weighted by molar-refractivity contribution is 5.73. The number of carbonyl (C=O) groups is 2. The SMILES string of the molecule is O=C1CCC(Cc2cccc(OC3O[C@H](C(=O)O)[C@@H](O)[C@H](O)[C@H]3O)c2)O1. The zero-order valence-electron chi connectivity index (χ0n) is 13.7. The fraction of sp³-hybridized carbons (Fsp3) is 0.529. The second-order valence-electron chi connectivity index (χ2n) is 6.36. The minimum Gasteiger partial charge on any atom is -0.479 e. The van der Waals surface area contributed by atoms with Crippen LogP contribution in [0.3, 0.4) is 0 Å². The molecule has 2 heterocycles. The van der Waals surface area contributed by atoms with E-state index in [1.54, 1.807) is 18.2 Å². The standard InChI is InChI=1S/C17H20O9/c18-11-5-4-10(24-11)7-8-2-1-3-9(6-8)25-17-14(21)12(19)13(20)15(26-17)16(22)23/h1-3,6,10,12-15,17,19-21H,4-5,7H2,(H,22,23)/t10?,12-,13-,14+,15-,17?/m0/s1. The van der Waals surface area contributed by atoms with Gasteiger partial charge in [0.1, 0.15) is 30.2 Å². The molecule has 6 atom stereocenters. The van der Waals surface area contributed by atoms with Crippen molar-refractivity contribution in [3.05, 3.63) is 29.8 Å². The molecule has 2 unspecified atom stereocenters. The van der Waals surface area contributed by atoms with Gasteiger partial charge in [-0.05, 0) is 24.1 Å². The normalized spacial score (nSPS) is 34.3. The number of aliphatic hydroxyl groups is 3. The molecule has 0 aliphatic carbocycles. The summed E-state index contributed by atoms with van der Waals surface area (Å²) < 4.78 is 15.7. The number of hydrogen-bond acceptors (Lipinski definition) is 8. The third-order valence-electron chi connectivity index (χ3n) is 4.40. The zero-order chi connectivity index (χ0) is 18.8. The Balaban J connectivity index is 1.68. The smallest absolute Gasteiger partial charge is 0.335 e. The first-order chi connectivity index (χ1) is 12.3. The van der Waals surface area contributed by atoms with Gasteiger partial charge in [-0.15, -0.1) is 0 Å². The lowest BCUT2D eigenvalue weighted by Crippen LogP contribution is -2.61. The molecule has 0 saturated carbocycles. The highest BCUT2D eigenvalue weighted by Crippen LogP contribution is 2.26. The van der Waals surface area contributed by atoms with Crippen molar-refractivity contribution in [3.63, 3.8) is 0 Å². The number of carbonyl (C=O) groups excluding carboxylic acids is 1. The van der Waals surface area contributed by atoms with Crippen LogP contribution >= 0.6 is 0 Å². The van der Waals surface area contributed by atoms with Crippen molar-refractivity contribution in [3.8, 4) is 5.75 Å². The van der Waals surface area contributed by atoms with Crippen molar-refractivity contribution in [2.24, 2.45) is 0 Å². The minimum atomic E-state index is -1.77. The topological polar surface area (TPSA) is 143 Å². The maximum atomic E-state index is 11.2. The molecule has 2 aliphatic rings. The summed E-state index contributed by atoms with van der Waals surface area (Å²) in [6.45, 7) is 0. The zero-order valence-corrected chi connectivity index (χ0v) is 13.7. The lowest BCUT2D eigenvalue weighted by atomic mass is 9.99. The van der Waals surface area contributed by atoms with Crippen molar-refractivity contribution in [2.45, 2.75) is 56.1 Å². The molecule has 0 amide bonds. The monoisotopic (exact) mass is 368 g/mol. The molecule has 3 rings (SSSR count). The van der Waals surface area contributed by atoms with Crippen molar-refractivity contribution < 1.29 is 44.2 Å². The summed E-state index contributed by atoms with van der Waals surface area (Å²) in [5.74, 6) is -1.43. The third kappa shape index (κ3) is 3.96. The fourth-order valence-electron chi connectivity index (χ4n) is 3.02. The number of carboxylic acid groups (broad SMARTS) is 1. The van der Waals surface area contributed by atoms with E-state index in [-0.39, 0.29) is 17.8 Å². The molecular formula is C17H20O9. The number of hydrogen-bond donors (Lipinski definition) is 4. The van der Waals surface area contributed by atoms with E-state index in [1.165, 1.54) is 0 Å². The van der Waals surface area contributed by atoms with Gasteiger partial charge in [-0.1, -0.05) is 12.1 Å². The summed E-state index contributed by atoms with van der Waals surface area (Å²) in [6.07, 6.45) is -6.99. The molecule has 2 fully saturated rings. The van der Waals surface area contributed by atoms with Gasteiger partial charge in [0, 0.05) is 12.8 Å². The molecule has 4 N–H and O–H groups in total. The predicted octanol–water partition coefficient (Wildman–Crippen LogP) is -0.794. The Bertz CT molecular complexity index is 676. The van der Waals surface area contributed by atoms with Crippen LogP contribution in [0.25, 0.3) is 0 Å². The van der Waals surface area contributed by atoms with E-state index >= 15 is 0 Å². The lowest BCUT2D eigenvalue weighted by Gasteiger charge is -2.38. The Morgan fingerprint density at radius 2 is 1.96 bits per heavy atom. The molecule has 9 nitrogen and oxygen atoms in total. The van der Waals surface area contributed by atoms with Crippen LogP contribution in [-0.2, 0) is 25.5 Å². The van der Waals surface area contributed by atoms with Crippen LogP contribution in [0, 0.1) is 0 Å². The highest BCUT2D eigenvalue weighted by atomic mass is 16.7. The van der Waals surface area contributed by atoms with Crippen LogP contribution in [-0.4, -0.2) is 69.2 Å². The van der Waals surface area contributed by atoms with Crippen LogP contribution in [0.5, 0.6) is 5.75 Å². The molecule has 0 spiro atoms. The van der Waals surface area contributed by atoms with Gasteiger partial charge >= 0.3 is 11.9 Å². The van der Waals surface area contributed by atoms with E-state index in [0.29, 0.717) is 19.3 Å². The Labute approximate surface area is 148 Å². The number of aliphatic hydroxyl groups excluding tert-OH is 3. The molecular weight excluding hydrogens is 348 g/mol. The maximum absolute atomic E-state index is 11.2. The maximum Gasteiger partial charge on any atom is 0.335 e. The fourth-order valence-corrected chi connectivity index (χ4v) is 3.02. The lowest BCUT2D eigenvalue weighted by molar-refractivity contribution is -0.271. The molecule has 1 aromatic carbocycles. The Hall–Kier alpha value is -2.20. The molecule has 0 radical (unpaired) electrons. The third-order valence-corrected chi connectivity index (χ3v) is 4.40. The van der Waals surface area contributed by atoms with Crippen LogP contribution in [0.15, 0.2) is 24.3 Å². The van der Waals surface area contributed by atoms with Crippen LogP contribution in [0.2, 0.25) is 0 Å². The van der Waals surface area contributed by atoms with E-state index in [9.17, 15) is 24.9 Å². The molecule has 9 heteroatoms. The average Bonchev–Trinajstić information content (AvgIpc) is 3.00. The largest absolute Gasteiger partial charge is 0.479 e. The molecule has 0 bridgehead atoms. The van der Waals surface area contributed by atoms with Gasteiger partial charge in [-0.3, -0.25) is 4.79 Å². The van der Waals surface area contributed by atoms with Gasteiger partial charge in [0.15, 0.2) is 6.10 Å². The number of rotatable bonds is 5. The van der Waals surface area contributed by atoms with Gasteiger partial charge < -0.3 is 34.6 Å². The number of benzene rings is 1. The highest BCUT2D eigenvalue weighted by Gasteiger charge is 2.48. The summed E-state index contributed by atoms with van der Waals surface area (Å²) >= 11 is 0. The van der Waals surface area contributed by atoms with E-state index in [0.717, 1.165) is 5.56 Å². The molecule has 26 heavy (non-hydrogen) atoms. The van der Waals surface area contributed by atoms with Gasteiger partial charge in [0.05, 0.1) is 0 Å². The second-order valence-corrected chi connectivity index (χ2v) is 6.36. The predicted molar refractivity (Wildman–Crippen MR) is 84.2 cm³/mol. The molecule has 1 aromatic rings. The first-order valence-electron chi connectivity index (χ1n) is 8.22. The minimum absolute atomic E-state index is 0.206.